The van der Waals surface area contributed by atoms with E-state index in [-0.39, 0.29) is 11.8 Å². The van der Waals surface area contributed by atoms with Gasteiger partial charge in [-0.05, 0) is 18.8 Å². The zero-order chi connectivity index (χ0) is 14.8. The predicted octanol–water partition coefficient (Wildman–Crippen LogP) is 3.34. The van der Waals surface area contributed by atoms with E-state index in [1.165, 1.54) is 37.1 Å². The number of nitrogens with zero attached hydrogens (tertiary/aromatic N) is 2. The largest absolute Gasteiger partial charge is 0.481 e. The van der Waals surface area contributed by atoms with Crippen molar-refractivity contribution in [1.82, 2.24) is 9.88 Å². The van der Waals surface area contributed by atoms with Crippen LogP contribution >= 0.6 is 11.3 Å². The molecule has 5 heteroatoms. The molecule has 2 heterocycles. The summed E-state index contributed by atoms with van der Waals surface area (Å²) in [4.78, 5) is 18.2. The number of rotatable bonds is 4. The molecule has 0 radical (unpaired) electrons. The zero-order valence-corrected chi connectivity index (χ0v) is 13.4. The molecule has 1 aromatic rings. The minimum atomic E-state index is -0.661. The summed E-state index contributed by atoms with van der Waals surface area (Å²) in [6.07, 6.45) is 6.62. The van der Waals surface area contributed by atoms with Crippen LogP contribution in [-0.4, -0.2) is 34.0 Å². The highest BCUT2D eigenvalue weighted by Crippen LogP contribution is 2.34. The van der Waals surface area contributed by atoms with E-state index < -0.39 is 5.97 Å². The first-order valence-electron chi connectivity index (χ1n) is 8.03. The van der Waals surface area contributed by atoms with Crippen LogP contribution in [0.2, 0.25) is 0 Å². The Balaban J connectivity index is 1.59. The number of aromatic nitrogens is 1. The summed E-state index contributed by atoms with van der Waals surface area (Å²) in [5.41, 5.74) is 1.12. The highest BCUT2D eigenvalue weighted by Gasteiger charge is 2.34. The number of hydrogen-bond acceptors (Lipinski definition) is 4. The van der Waals surface area contributed by atoms with Gasteiger partial charge in [0.1, 0.15) is 0 Å². The lowest BCUT2D eigenvalue weighted by Crippen LogP contribution is -2.23. The van der Waals surface area contributed by atoms with Crippen LogP contribution < -0.4 is 0 Å². The standard InChI is InChI=1S/C16H24N2O2S/c1-11-7-18(9-14(11)16(19)20)8-13-10-21-15(17-13)12-5-3-2-4-6-12/h10-12,14H,2-9H2,1H3,(H,19,20)/t11-,14-/m1/s1. The first-order chi connectivity index (χ1) is 10.1. The van der Waals surface area contributed by atoms with Gasteiger partial charge in [-0.15, -0.1) is 11.3 Å². The van der Waals surface area contributed by atoms with Gasteiger partial charge in [0.2, 0.25) is 0 Å². The first-order valence-corrected chi connectivity index (χ1v) is 8.91. The molecule has 0 unspecified atom stereocenters. The molecule has 2 atom stereocenters. The summed E-state index contributed by atoms with van der Waals surface area (Å²) < 4.78 is 0. The summed E-state index contributed by atoms with van der Waals surface area (Å²) in [7, 11) is 0. The van der Waals surface area contributed by atoms with Crippen molar-refractivity contribution in [3.8, 4) is 0 Å². The van der Waals surface area contributed by atoms with E-state index in [0.717, 1.165) is 18.8 Å². The monoisotopic (exact) mass is 308 g/mol. The molecule has 4 nitrogen and oxygen atoms in total. The predicted molar refractivity (Wildman–Crippen MR) is 83.5 cm³/mol. The number of carboxylic acid groups (broad SMARTS) is 1. The van der Waals surface area contributed by atoms with Crippen LogP contribution in [0, 0.1) is 11.8 Å². The fourth-order valence-electron chi connectivity index (χ4n) is 3.68. The maximum Gasteiger partial charge on any atom is 0.308 e. The second-order valence-electron chi connectivity index (χ2n) is 6.63. The van der Waals surface area contributed by atoms with Gasteiger partial charge >= 0.3 is 5.97 Å². The molecule has 1 aromatic heterocycles. The topological polar surface area (TPSA) is 53.4 Å². The van der Waals surface area contributed by atoms with Crippen LogP contribution in [0.25, 0.3) is 0 Å². The maximum absolute atomic E-state index is 11.2. The van der Waals surface area contributed by atoms with Crippen LogP contribution in [0.3, 0.4) is 0 Å². The molecule has 1 aliphatic carbocycles. The normalized spacial score (nSPS) is 28.0. The first kappa shape index (κ1) is 15.0. The molecular formula is C16H24N2O2S. The SMILES string of the molecule is C[C@@H]1CN(Cc2csc(C3CCCCC3)n2)C[C@H]1C(=O)O. The van der Waals surface area contributed by atoms with Crippen LogP contribution in [-0.2, 0) is 11.3 Å². The van der Waals surface area contributed by atoms with Gasteiger partial charge in [0.05, 0.1) is 16.6 Å². The second-order valence-corrected chi connectivity index (χ2v) is 7.52. The number of thiazole rings is 1. The highest BCUT2D eigenvalue weighted by atomic mass is 32.1. The molecule has 0 amide bonds. The van der Waals surface area contributed by atoms with E-state index in [1.54, 1.807) is 11.3 Å². The maximum atomic E-state index is 11.2. The van der Waals surface area contributed by atoms with E-state index >= 15 is 0 Å². The zero-order valence-electron chi connectivity index (χ0n) is 12.6. The van der Waals surface area contributed by atoms with Crippen molar-refractivity contribution in [2.75, 3.05) is 13.1 Å². The van der Waals surface area contributed by atoms with Gasteiger partial charge in [0, 0.05) is 30.9 Å². The molecule has 0 spiro atoms. The summed E-state index contributed by atoms with van der Waals surface area (Å²) in [6.45, 7) is 4.37. The van der Waals surface area contributed by atoms with E-state index in [1.807, 2.05) is 6.92 Å². The Bertz CT molecular complexity index is 496. The summed E-state index contributed by atoms with van der Waals surface area (Å²) >= 11 is 1.79. The van der Waals surface area contributed by atoms with Crippen molar-refractivity contribution in [2.24, 2.45) is 11.8 Å². The van der Waals surface area contributed by atoms with Crippen molar-refractivity contribution in [3.05, 3.63) is 16.1 Å². The molecule has 1 saturated heterocycles. The number of carbonyl (C=O) groups is 1. The molecule has 1 saturated carbocycles. The number of likely N-dealkylation sites (tertiary alicyclic amines) is 1. The minimum absolute atomic E-state index is 0.221. The van der Waals surface area contributed by atoms with Gasteiger partial charge in [-0.1, -0.05) is 26.2 Å². The third kappa shape index (κ3) is 3.46. The molecule has 21 heavy (non-hydrogen) atoms. The molecule has 2 fully saturated rings. The van der Waals surface area contributed by atoms with Crippen molar-refractivity contribution < 1.29 is 9.90 Å². The average molecular weight is 308 g/mol. The van der Waals surface area contributed by atoms with Gasteiger partial charge in [-0.2, -0.15) is 0 Å². The van der Waals surface area contributed by atoms with Crippen molar-refractivity contribution in [3.63, 3.8) is 0 Å². The number of aliphatic carboxylic acids is 1. The summed E-state index contributed by atoms with van der Waals surface area (Å²) in [6, 6.07) is 0. The lowest BCUT2D eigenvalue weighted by Gasteiger charge is -2.19. The van der Waals surface area contributed by atoms with Crippen LogP contribution in [0.5, 0.6) is 0 Å². The Labute approximate surface area is 130 Å². The molecule has 3 rings (SSSR count). The Hall–Kier alpha value is -0.940. The van der Waals surface area contributed by atoms with E-state index in [0.29, 0.717) is 12.5 Å². The van der Waals surface area contributed by atoms with Crippen LogP contribution in [0.4, 0.5) is 0 Å². The van der Waals surface area contributed by atoms with E-state index in [4.69, 9.17) is 4.98 Å². The van der Waals surface area contributed by atoms with Gasteiger partial charge in [-0.3, -0.25) is 9.69 Å². The van der Waals surface area contributed by atoms with E-state index in [9.17, 15) is 9.90 Å². The quantitative estimate of drug-likeness (QED) is 0.927. The van der Waals surface area contributed by atoms with Gasteiger partial charge in [-0.25, -0.2) is 4.98 Å². The molecular weight excluding hydrogens is 284 g/mol. The molecule has 0 bridgehead atoms. The van der Waals surface area contributed by atoms with Gasteiger partial charge < -0.3 is 5.11 Å². The lowest BCUT2D eigenvalue weighted by atomic mass is 9.90. The Morgan fingerprint density at radius 1 is 1.38 bits per heavy atom. The molecule has 2 aliphatic rings. The smallest absolute Gasteiger partial charge is 0.308 e. The molecule has 116 valence electrons. The minimum Gasteiger partial charge on any atom is -0.481 e. The molecule has 1 N–H and O–H groups in total. The van der Waals surface area contributed by atoms with Gasteiger partial charge in [0.25, 0.3) is 0 Å². The Morgan fingerprint density at radius 2 is 2.14 bits per heavy atom. The third-order valence-electron chi connectivity index (χ3n) is 4.91. The van der Waals surface area contributed by atoms with Crippen LogP contribution in [0.15, 0.2) is 5.38 Å². The van der Waals surface area contributed by atoms with Crippen molar-refractivity contribution in [2.45, 2.75) is 51.5 Å². The summed E-state index contributed by atoms with van der Waals surface area (Å²) in [5, 5.41) is 12.7. The summed E-state index contributed by atoms with van der Waals surface area (Å²) in [5.74, 6) is 0.0216. The van der Waals surface area contributed by atoms with Gasteiger partial charge in [0.15, 0.2) is 0 Å². The number of carboxylic acids is 1. The fraction of sp³-hybridized carbons (Fsp3) is 0.750. The molecule has 1 aliphatic heterocycles. The Kier molecular flexibility index (Phi) is 4.60. The second kappa shape index (κ2) is 6.44. The third-order valence-corrected chi connectivity index (χ3v) is 5.97. The fourth-order valence-corrected chi connectivity index (χ4v) is 4.66. The van der Waals surface area contributed by atoms with E-state index in [2.05, 4.69) is 10.3 Å². The van der Waals surface area contributed by atoms with Crippen LogP contribution in [0.1, 0.15) is 55.6 Å². The highest BCUT2D eigenvalue weighted by molar-refractivity contribution is 7.09. The molecule has 0 aromatic carbocycles. The Morgan fingerprint density at radius 3 is 2.81 bits per heavy atom. The van der Waals surface area contributed by atoms with Crippen molar-refractivity contribution >= 4 is 17.3 Å². The lowest BCUT2D eigenvalue weighted by molar-refractivity contribution is -0.142. The average Bonchev–Trinajstić information content (AvgIpc) is 3.07. The van der Waals surface area contributed by atoms with Crippen molar-refractivity contribution in [1.29, 1.82) is 0 Å². The number of hydrogen-bond donors (Lipinski definition) is 1.